The summed E-state index contributed by atoms with van der Waals surface area (Å²) in [6.45, 7) is 5.99. The zero-order valence-corrected chi connectivity index (χ0v) is 10.7. The van der Waals surface area contributed by atoms with E-state index in [4.69, 9.17) is 0 Å². The van der Waals surface area contributed by atoms with Gasteiger partial charge in [-0.25, -0.2) is 0 Å². The summed E-state index contributed by atoms with van der Waals surface area (Å²) in [5.74, 6) is 0. The molecule has 0 aliphatic rings. The number of hydrogen-bond donors (Lipinski definition) is 1. The third-order valence-corrected chi connectivity index (χ3v) is 2.98. The SMILES string of the molecule is CNCc1cnn(Cc2ccc(C)c(C)c2)c1. The Bertz CT molecular complexity index is 500. The Morgan fingerprint density at radius 3 is 2.71 bits per heavy atom. The fourth-order valence-corrected chi connectivity index (χ4v) is 1.88. The van der Waals surface area contributed by atoms with Crippen molar-refractivity contribution < 1.29 is 0 Å². The lowest BCUT2D eigenvalue weighted by Crippen LogP contribution is -2.04. The molecule has 1 heterocycles. The minimum atomic E-state index is 0.838. The maximum atomic E-state index is 4.36. The monoisotopic (exact) mass is 229 g/mol. The molecule has 2 rings (SSSR count). The molecule has 3 heteroatoms. The summed E-state index contributed by atoms with van der Waals surface area (Å²) in [6.07, 6.45) is 4.00. The van der Waals surface area contributed by atoms with Crippen LogP contribution in [-0.2, 0) is 13.1 Å². The number of nitrogens with zero attached hydrogens (tertiary/aromatic N) is 2. The summed E-state index contributed by atoms with van der Waals surface area (Å²) in [4.78, 5) is 0. The van der Waals surface area contributed by atoms with E-state index in [-0.39, 0.29) is 0 Å². The zero-order chi connectivity index (χ0) is 12.3. The van der Waals surface area contributed by atoms with Gasteiger partial charge in [0.25, 0.3) is 0 Å². The van der Waals surface area contributed by atoms with Crippen LogP contribution < -0.4 is 5.32 Å². The Kier molecular flexibility index (Phi) is 3.59. The molecule has 0 bridgehead atoms. The fraction of sp³-hybridized carbons (Fsp3) is 0.357. The fourth-order valence-electron chi connectivity index (χ4n) is 1.88. The first-order valence-corrected chi connectivity index (χ1v) is 5.91. The maximum absolute atomic E-state index is 4.36. The van der Waals surface area contributed by atoms with Crippen LogP contribution in [0.4, 0.5) is 0 Å². The van der Waals surface area contributed by atoms with Crippen molar-refractivity contribution in [2.24, 2.45) is 0 Å². The van der Waals surface area contributed by atoms with Gasteiger partial charge in [0.15, 0.2) is 0 Å². The highest BCUT2D eigenvalue weighted by Crippen LogP contribution is 2.11. The molecule has 3 nitrogen and oxygen atoms in total. The summed E-state index contributed by atoms with van der Waals surface area (Å²) in [5, 5.41) is 7.48. The molecule has 90 valence electrons. The second-order valence-electron chi connectivity index (χ2n) is 4.50. The lowest BCUT2D eigenvalue weighted by molar-refractivity contribution is 0.684. The van der Waals surface area contributed by atoms with Crippen molar-refractivity contribution in [3.05, 3.63) is 52.8 Å². The predicted octanol–water partition coefficient (Wildman–Crippen LogP) is 2.27. The number of aryl methyl sites for hydroxylation is 2. The van der Waals surface area contributed by atoms with Crippen molar-refractivity contribution in [2.45, 2.75) is 26.9 Å². The van der Waals surface area contributed by atoms with Gasteiger partial charge in [-0.2, -0.15) is 5.10 Å². The van der Waals surface area contributed by atoms with Gasteiger partial charge in [0.2, 0.25) is 0 Å². The van der Waals surface area contributed by atoms with Gasteiger partial charge < -0.3 is 5.32 Å². The van der Waals surface area contributed by atoms with E-state index in [0.717, 1.165) is 13.1 Å². The second kappa shape index (κ2) is 5.15. The molecule has 0 fully saturated rings. The molecule has 0 saturated heterocycles. The highest BCUT2D eigenvalue weighted by Gasteiger charge is 2.00. The van der Waals surface area contributed by atoms with E-state index in [0.29, 0.717) is 0 Å². The smallest absolute Gasteiger partial charge is 0.0659 e. The van der Waals surface area contributed by atoms with Crippen LogP contribution in [0.2, 0.25) is 0 Å². The Morgan fingerprint density at radius 1 is 1.18 bits per heavy atom. The molecule has 0 spiro atoms. The summed E-state index contributed by atoms with van der Waals surface area (Å²) < 4.78 is 1.98. The van der Waals surface area contributed by atoms with E-state index in [1.807, 2.05) is 17.9 Å². The standard InChI is InChI=1S/C14H19N3/c1-11-4-5-13(6-12(11)2)9-17-10-14(7-15-3)8-16-17/h4-6,8,10,15H,7,9H2,1-3H3. The van der Waals surface area contributed by atoms with E-state index in [1.165, 1.54) is 22.3 Å². The van der Waals surface area contributed by atoms with Crippen LogP contribution in [-0.4, -0.2) is 16.8 Å². The highest BCUT2D eigenvalue weighted by atomic mass is 15.3. The number of nitrogens with one attached hydrogen (secondary N) is 1. The summed E-state index contributed by atoms with van der Waals surface area (Å²) >= 11 is 0. The number of rotatable bonds is 4. The lowest BCUT2D eigenvalue weighted by Gasteiger charge is -2.05. The quantitative estimate of drug-likeness (QED) is 0.871. The van der Waals surface area contributed by atoms with Crippen LogP contribution in [0.15, 0.2) is 30.6 Å². The second-order valence-corrected chi connectivity index (χ2v) is 4.50. The molecule has 0 aliphatic heterocycles. The van der Waals surface area contributed by atoms with Gasteiger partial charge in [-0.05, 0) is 37.6 Å². The largest absolute Gasteiger partial charge is 0.316 e. The molecule has 0 aliphatic carbocycles. The summed E-state index contributed by atoms with van der Waals surface area (Å²) in [6, 6.07) is 6.57. The number of aromatic nitrogens is 2. The minimum absolute atomic E-state index is 0.838. The molecule has 0 unspecified atom stereocenters. The topological polar surface area (TPSA) is 29.9 Å². The molecule has 0 radical (unpaired) electrons. The van der Waals surface area contributed by atoms with Gasteiger partial charge in [-0.3, -0.25) is 4.68 Å². The van der Waals surface area contributed by atoms with Gasteiger partial charge in [0, 0.05) is 18.3 Å². The van der Waals surface area contributed by atoms with Gasteiger partial charge in [-0.15, -0.1) is 0 Å². The molecule has 0 atom stereocenters. The van der Waals surface area contributed by atoms with Crippen molar-refractivity contribution in [3.8, 4) is 0 Å². The number of hydrogen-bond acceptors (Lipinski definition) is 2. The first-order valence-electron chi connectivity index (χ1n) is 5.91. The first kappa shape index (κ1) is 11.9. The zero-order valence-electron chi connectivity index (χ0n) is 10.7. The predicted molar refractivity (Wildman–Crippen MR) is 70.0 cm³/mol. The Hall–Kier alpha value is -1.61. The molecule has 1 aromatic heterocycles. The molecule has 0 saturated carbocycles. The van der Waals surface area contributed by atoms with Crippen LogP contribution in [0.25, 0.3) is 0 Å². The maximum Gasteiger partial charge on any atom is 0.0659 e. The van der Waals surface area contributed by atoms with E-state index in [1.54, 1.807) is 0 Å². The average molecular weight is 229 g/mol. The summed E-state index contributed by atoms with van der Waals surface area (Å²) in [5.41, 5.74) is 5.19. The molecule has 1 N–H and O–H groups in total. The van der Waals surface area contributed by atoms with Crippen LogP contribution in [0.5, 0.6) is 0 Å². The molecular formula is C14H19N3. The van der Waals surface area contributed by atoms with Crippen molar-refractivity contribution in [3.63, 3.8) is 0 Å². The van der Waals surface area contributed by atoms with Gasteiger partial charge >= 0.3 is 0 Å². The minimum Gasteiger partial charge on any atom is -0.316 e. The Morgan fingerprint density at radius 2 is 2.00 bits per heavy atom. The van der Waals surface area contributed by atoms with E-state index < -0.39 is 0 Å². The molecule has 17 heavy (non-hydrogen) atoms. The third kappa shape index (κ3) is 2.94. The van der Waals surface area contributed by atoms with Crippen LogP contribution in [0.1, 0.15) is 22.3 Å². The van der Waals surface area contributed by atoms with E-state index in [2.05, 4.69) is 48.7 Å². The van der Waals surface area contributed by atoms with Crippen molar-refractivity contribution in [1.29, 1.82) is 0 Å². The Labute approximate surface area is 102 Å². The first-order chi connectivity index (χ1) is 8.19. The average Bonchev–Trinajstić information content (AvgIpc) is 2.72. The van der Waals surface area contributed by atoms with Crippen LogP contribution >= 0.6 is 0 Å². The lowest BCUT2D eigenvalue weighted by atomic mass is 10.1. The normalized spacial score (nSPS) is 10.8. The molecule has 1 aromatic carbocycles. The van der Waals surface area contributed by atoms with Crippen molar-refractivity contribution in [2.75, 3.05) is 7.05 Å². The van der Waals surface area contributed by atoms with E-state index in [9.17, 15) is 0 Å². The molecular weight excluding hydrogens is 210 g/mol. The Balaban J connectivity index is 2.11. The van der Waals surface area contributed by atoms with Gasteiger partial charge in [-0.1, -0.05) is 18.2 Å². The van der Waals surface area contributed by atoms with Gasteiger partial charge in [0.05, 0.1) is 12.7 Å². The van der Waals surface area contributed by atoms with Crippen LogP contribution in [0, 0.1) is 13.8 Å². The third-order valence-electron chi connectivity index (χ3n) is 2.98. The number of benzene rings is 1. The highest BCUT2D eigenvalue weighted by molar-refractivity contribution is 5.30. The molecule has 2 aromatic rings. The molecule has 0 amide bonds. The van der Waals surface area contributed by atoms with Crippen LogP contribution in [0.3, 0.4) is 0 Å². The van der Waals surface area contributed by atoms with E-state index >= 15 is 0 Å². The summed E-state index contributed by atoms with van der Waals surface area (Å²) in [7, 11) is 1.95. The van der Waals surface area contributed by atoms with Crippen molar-refractivity contribution >= 4 is 0 Å². The van der Waals surface area contributed by atoms with Gasteiger partial charge in [0.1, 0.15) is 0 Å². The van der Waals surface area contributed by atoms with Crippen molar-refractivity contribution in [1.82, 2.24) is 15.1 Å².